The summed E-state index contributed by atoms with van der Waals surface area (Å²) in [6.07, 6.45) is 0. The van der Waals surface area contributed by atoms with Gasteiger partial charge in [-0.3, -0.25) is 0 Å². The van der Waals surface area contributed by atoms with Gasteiger partial charge >= 0.3 is 46.0 Å². The molecule has 0 saturated heterocycles. The SMILES string of the molecule is [Ag+].[O]=[GeH][O-]. The van der Waals surface area contributed by atoms with Crippen LogP contribution in [0.1, 0.15) is 0 Å². The Balaban J connectivity index is 0. The van der Waals surface area contributed by atoms with E-state index in [1.54, 1.807) is 0 Å². The fraction of sp³-hybridized carbons (Fsp3) is 0. The number of rotatable bonds is 0. The molecule has 0 aliphatic rings. The van der Waals surface area contributed by atoms with Crippen molar-refractivity contribution in [3.63, 3.8) is 0 Å². The summed E-state index contributed by atoms with van der Waals surface area (Å²) in [4.78, 5) is 0. The first-order chi connectivity index (χ1) is 1.41. The van der Waals surface area contributed by atoms with E-state index in [9.17, 15) is 0 Å². The van der Waals surface area contributed by atoms with Crippen molar-refractivity contribution in [2.45, 2.75) is 0 Å². The molecule has 0 heterocycles. The predicted octanol–water partition coefficient (Wildman–Crippen LogP) is -1.96. The summed E-state index contributed by atoms with van der Waals surface area (Å²) in [6, 6.07) is 0. The van der Waals surface area contributed by atoms with Gasteiger partial charge in [0.2, 0.25) is 0 Å². The Labute approximate surface area is 46.1 Å². The van der Waals surface area contributed by atoms with Crippen LogP contribution in [0, 0.1) is 0 Å². The summed E-state index contributed by atoms with van der Waals surface area (Å²) in [5.41, 5.74) is 0. The van der Waals surface area contributed by atoms with Gasteiger partial charge in [0, 0.05) is 0 Å². The Morgan fingerprint density at radius 3 is 1.75 bits per heavy atom. The molecule has 0 saturated carbocycles. The molecule has 28 valence electrons. The fourth-order valence-corrected chi connectivity index (χ4v) is 0. The molecule has 0 aliphatic carbocycles. The summed E-state index contributed by atoms with van der Waals surface area (Å²) >= 11 is -2.19. The molecule has 4 heteroatoms. The molecule has 0 aromatic heterocycles. The van der Waals surface area contributed by atoms with Gasteiger partial charge in [-0.1, -0.05) is 0 Å². The molecule has 0 aromatic rings. The van der Waals surface area contributed by atoms with Crippen LogP contribution in [0.5, 0.6) is 0 Å². The minimum absolute atomic E-state index is 0. The molecule has 0 atom stereocenters. The van der Waals surface area contributed by atoms with E-state index in [2.05, 4.69) is 0 Å². The van der Waals surface area contributed by atoms with Crippen molar-refractivity contribution in [3.05, 3.63) is 0 Å². The van der Waals surface area contributed by atoms with E-state index < -0.39 is 15.7 Å². The van der Waals surface area contributed by atoms with Crippen LogP contribution in [-0.4, -0.2) is 15.7 Å². The molecule has 0 bridgehead atoms. The second kappa shape index (κ2) is 9.10. The van der Waals surface area contributed by atoms with Gasteiger partial charge in [0.05, 0.1) is 0 Å². The quantitative estimate of drug-likeness (QED) is 0.439. The molecule has 0 N–H and O–H groups in total. The minimum atomic E-state index is -2.19. The van der Waals surface area contributed by atoms with Gasteiger partial charge in [-0.05, 0) is 0 Å². The van der Waals surface area contributed by atoms with Gasteiger partial charge in [0.15, 0.2) is 0 Å². The number of hydrogen-bond acceptors (Lipinski definition) is 2. The van der Waals surface area contributed by atoms with Gasteiger partial charge in [-0.15, -0.1) is 0 Å². The zero-order chi connectivity index (χ0) is 2.71. The molecule has 0 aromatic carbocycles. The van der Waals surface area contributed by atoms with Crippen LogP contribution in [0.25, 0.3) is 0 Å². The summed E-state index contributed by atoms with van der Waals surface area (Å²) in [7, 11) is 0. The second-order valence-electron chi connectivity index (χ2n) is 0.0962. The van der Waals surface area contributed by atoms with Crippen molar-refractivity contribution in [2.75, 3.05) is 0 Å². The van der Waals surface area contributed by atoms with E-state index in [1.807, 2.05) is 0 Å². The first-order valence-corrected chi connectivity index (χ1v) is 2.45. The topological polar surface area (TPSA) is 40.1 Å². The van der Waals surface area contributed by atoms with Crippen molar-refractivity contribution in [1.29, 1.82) is 0 Å². The van der Waals surface area contributed by atoms with E-state index in [1.165, 1.54) is 0 Å². The van der Waals surface area contributed by atoms with Gasteiger partial charge in [0.25, 0.3) is 0 Å². The van der Waals surface area contributed by atoms with Crippen molar-refractivity contribution in [3.8, 4) is 0 Å². The Kier molecular flexibility index (Phi) is 20.2. The van der Waals surface area contributed by atoms with Gasteiger partial charge < -0.3 is 0 Å². The van der Waals surface area contributed by atoms with Crippen LogP contribution in [0.15, 0.2) is 0 Å². The third-order valence-electron chi connectivity index (χ3n) is 0. The van der Waals surface area contributed by atoms with Gasteiger partial charge in [0.1, 0.15) is 0 Å². The van der Waals surface area contributed by atoms with Gasteiger partial charge in [-0.25, -0.2) is 0 Å². The van der Waals surface area contributed by atoms with Crippen LogP contribution in [0.2, 0.25) is 0 Å². The fourth-order valence-electron chi connectivity index (χ4n) is 0. The van der Waals surface area contributed by atoms with Crippen molar-refractivity contribution >= 4 is 15.7 Å². The molecule has 0 radical (unpaired) electrons. The molecular weight excluding hydrogens is 212 g/mol. The monoisotopic (exact) mass is 214 g/mol. The Morgan fingerprint density at radius 1 is 1.75 bits per heavy atom. The van der Waals surface area contributed by atoms with Crippen LogP contribution in [-0.2, 0) is 26.2 Å². The van der Waals surface area contributed by atoms with E-state index in [0.29, 0.717) is 0 Å². The molecule has 0 fully saturated rings. The summed E-state index contributed by atoms with van der Waals surface area (Å²) in [5, 5.41) is 0. The van der Waals surface area contributed by atoms with Crippen LogP contribution >= 0.6 is 0 Å². The van der Waals surface area contributed by atoms with Crippen LogP contribution in [0.3, 0.4) is 0 Å². The zero-order valence-corrected chi connectivity index (χ0v) is 5.60. The Bertz CT molecular complexity index is 13.5. The standard InChI is InChI=1S/Ag.GeHO2/c;2-1-3/h;1H/q+1;-1. The molecule has 0 unspecified atom stereocenters. The molecule has 0 spiro atoms. The number of hydrogen-bond donors (Lipinski definition) is 0. The van der Waals surface area contributed by atoms with Crippen molar-refractivity contribution in [2.24, 2.45) is 0 Å². The van der Waals surface area contributed by atoms with E-state index in [4.69, 9.17) is 7.91 Å². The molecule has 0 aliphatic heterocycles. The Hall–Kier alpha value is 0.883. The first kappa shape index (κ1) is 8.86. The Morgan fingerprint density at radius 2 is 1.75 bits per heavy atom. The molecule has 2 nitrogen and oxygen atoms in total. The maximum atomic E-state index is 8.53. The first-order valence-electron chi connectivity index (χ1n) is 0.471. The normalized spacial score (nSPS) is 3.00. The van der Waals surface area contributed by atoms with E-state index >= 15 is 0 Å². The van der Waals surface area contributed by atoms with E-state index in [-0.39, 0.29) is 22.4 Å². The average molecular weight is 213 g/mol. The second-order valence-corrected chi connectivity index (χ2v) is 0.500. The average Bonchev–Trinajstić information content (AvgIpc) is 0.918. The van der Waals surface area contributed by atoms with Crippen LogP contribution < -0.4 is 4.13 Å². The molecule has 0 amide bonds. The van der Waals surface area contributed by atoms with Crippen LogP contribution in [0.4, 0.5) is 0 Å². The third kappa shape index (κ3) is 13.1. The summed E-state index contributed by atoms with van der Waals surface area (Å²) in [6.45, 7) is 0. The molecule has 4 heavy (non-hydrogen) atoms. The summed E-state index contributed by atoms with van der Waals surface area (Å²) < 4.78 is 17.1. The van der Waals surface area contributed by atoms with Gasteiger partial charge in [-0.2, -0.15) is 0 Å². The third-order valence-corrected chi connectivity index (χ3v) is 0. The van der Waals surface area contributed by atoms with Crippen molar-refractivity contribution < 1.29 is 30.3 Å². The molecule has 0 rings (SSSR count). The maximum absolute atomic E-state index is 8.53. The molecular formula is HAgGeO2. The predicted molar refractivity (Wildman–Crippen MR) is 7.84 cm³/mol. The summed E-state index contributed by atoms with van der Waals surface area (Å²) in [5.74, 6) is 0. The van der Waals surface area contributed by atoms with E-state index in [0.717, 1.165) is 0 Å². The van der Waals surface area contributed by atoms with Crippen molar-refractivity contribution in [1.82, 2.24) is 0 Å². The zero-order valence-electron chi connectivity index (χ0n) is 1.70.